The van der Waals surface area contributed by atoms with E-state index in [4.69, 9.17) is 0 Å². The van der Waals surface area contributed by atoms with Gasteiger partial charge in [-0.3, -0.25) is 9.59 Å². The molecule has 6 heteroatoms. The van der Waals surface area contributed by atoms with Gasteiger partial charge in [0.15, 0.2) is 0 Å². The fraction of sp³-hybridized carbons (Fsp3) is 0.350. The highest BCUT2D eigenvalue weighted by Gasteiger charge is 2.41. The molecule has 0 spiro atoms. The van der Waals surface area contributed by atoms with Crippen LogP contribution in [0.2, 0.25) is 0 Å². The number of piperazine rings is 1. The van der Waals surface area contributed by atoms with Gasteiger partial charge >= 0.3 is 11.8 Å². The van der Waals surface area contributed by atoms with Crippen LogP contribution >= 0.6 is 0 Å². The summed E-state index contributed by atoms with van der Waals surface area (Å²) in [7, 11) is 2.16. The van der Waals surface area contributed by atoms with Gasteiger partial charge in [0.05, 0.1) is 6.04 Å². The van der Waals surface area contributed by atoms with E-state index in [0.717, 1.165) is 51.7 Å². The molecule has 1 aliphatic heterocycles. The van der Waals surface area contributed by atoms with Gasteiger partial charge < -0.3 is 20.0 Å². The van der Waals surface area contributed by atoms with Crippen LogP contribution in [0.4, 0.5) is 0 Å². The fourth-order valence-corrected chi connectivity index (χ4v) is 6.46. The van der Waals surface area contributed by atoms with Crippen LogP contribution in [0, 0.1) is 0 Å². The van der Waals surface area contributed by atoms with Crippen LogP contribution in [0.15, 0.2) is 121 Å². The molecule has 1 saturated heterocycles. The summed E-state index contributed by atoms with van der Waals surface area (Å²) in [5, 5.41) is 3.61. The van der Waals surface area contributed by atoms with E-state index in [2.05, 4.69) is 84.0 Å². The smallest absolute Gasteiger partial charge is 0.312 e. The second kappa shape index (κ2) is 17.4. The Kier molecular flexibility index (Phi) is 12.6. The summed E-state index contributed by atoms with van der Waals surface area (Å²) in [5.41, 5.74) is 4.87. The van der Waals surface area contributed by atoms with E-state index in [-0.39, 0.29) is 23.9 Å². The largest absolute Gasteiger partial charge is 0.329 e. The summed E-state index contributed by atoms with van der Waals surface area (Å²) >= 11 is 0. The molecule has 240 valence electrons. The Morgan fingerprint density at radius 2 is 1.28 bits per heavy atom. The Balaban J connectivity index is 1.27. The van der Waals surface area contributed by atoms with Crippen LogP contribution in [0.1, 0.15) is 41.5 Å². The molecule has 0 saturated carbocycles. The quantitative estimate of drug-likeness (QED) is 0.117. The van der Waals surface area contributed by atoms with Crippen LogP contribution in [-0.4, -0.2) is 71.8 Å². The van der Waals surface area contributed by atoms with Gasteiger partial charge in [0.1, 0.15) is 0 Å². The summed E-state index contributed by atoms with van der Waals surface area (Å²) in [6, 6.07) is 41.3. The lowest BCUT2D eigenvalue weighted by molar-refractivity contribution is -0.161. The number of carbonyl (C=O) groups is 2. The molecule has 0 radical (unpaired) electrons. The molecular formula is C40H48N4O2. The highest BCUT2D eigenvalue weighted by Crippen LogP contribution is 2.22. The van der Waals surface area contributed by atoms with Crippen molar-refractivity contribution in [3.63, 3.8) is 0 Å². The summed E-state index contributed by atoms with van der Waals surface area (Å²) < 4.78 is 0. The van der Waals surface area contributed by atoms with Crippen molar-refractivity contribution in [2.24, 2.45) is 0 Å². The molecular weight excluding hydrogens is 568 g/mol. The van der Waals surface area contributed by atoms with Crippen molar-refractivity contribution < 1.29 is 9.59 Å². The molecule has 2 amide bonds. The predicted molar refractivity (Wildman–Crippen MR) is 186 cm³/mol. The van der Waals surface area contributed by atoms with Crippen molar-refractivity contribution in [1.29, 1.82) is 0 Å². The number of unbranched alkanes of at least 4 members (excludes halogenated alkanes) is 1. The van der Waals surface area contributed by atoms with Crippen molar-refractivity contribution >= 4 is 11.8 Å². The van der Waals surface area contributed by atoms with E-state index in [9.17, 15) is 9.59 Å². The molecule has 6 nitrogen and oxygen atoms in total. The standard InChI is InChI=1S/C40H48N4O2/c1-42(31-36-22-12-5-13-23-36)26-15-14-24-37(30-41-29-35-20-10-4-11-21-35)44-32-38(28-34-18-8-3-9-19-34)43(39(45)40(44)46)27-25-33-16-6-2-7-17-33/h2-13,16-23,37-38,41H,14-15,24-32H2,1H3/t37-,38-/m0/s1. The van der Waals surface area contributed by atoms with Crippen molar-refractivity contribution in [2.45, 2.75) is 57.3 Å². The summed E-state index contributed by atoms with van der Waals surface area (Å²) in [5.74, 6) is -0.746. The third-order valence-electron chi connectivity index (χ3n) is 8.97. The third-order valence-corrected chi connectivity index (χ3v) is 8.97. The predicted octanol–water partition coefficient (Wildman–Crippen LogP) is 5.97. The first-order chi connectivity index (χ1) is 22.6. The molecule has 1 heterocycles. The average Bonchev–Trinajstić information content (AvgIpc) is 3.09. The number of carbonyl (C=O) groups excluding carboxylic acids is 2. The molecule has 4 aromatic rings. The lowest BCUT2D eigenvalue weighted by atomic mass is 9.98. The average molecular weight is 617 g/mol. The molecule has 0 aromatic heterocycles. The molecule has 0 bridgehead atoms. The maximum atomic E-state index is 13.9. The van der Waals surface area contributed by atoms with Crippen molar-refractivity contribution in [3.8, 4) is 0 Å². The van der Waals surface area contributed by atoms with E-state index < -0.39 is 0 Å². The Morgan fingerprint density at radius 1 is 0.717 bits per heavy atom. The maximum Gasteiger partial charge on any atom is 0.312 e. The van der Waals surface area contributed by atoms with Gasteiger partial charge in [-0.25, -0.2) is 0 Å². The molecule has 1 N–H and O–H groups in total. The van der Waals surface area contributed by atoms with Gasteiger partial charge in [-0.05, 0) is 61.5 Å². The normalized spacial score (nSPS) is 15.8. The zero-order valence-corrected chi connectivity index (χ0v) is 27.1. The van der Waals surface area contributed by atoms with Crippen LogP contribution < -0.4 is 5.32 Å². The molecule has 0 aliphatic carbocycles. The van der Waals surface area contributed by atoms with Crippen LogP contribution in [0.5, 0.6) is 0 Å². The Morgan fingerprint density at radius 3 is 1.91 bits per heavy atom. The second-order valence-electron chi connectivity index (χ2n) is 12.5. The minimum absolute atomic E-state index is 0.0610. The second-order valence-corrected chi connectivity index (χ2v) is 12.5. The fourth-order valence-electron chi connectivity index (χ4n) is 6.46. The van der Waals surface area contributed by atoms with E-state index in [1.165, 1.54) is 22.3 Å². The SMILES string of the molecule is CN(CCCC[C@@H](CNCc1ccccc1)N1C[C@H](Cc2ccccc2)N(CCc2ccccc2)C(=O)C1=O)Cc1ccccc1. The first kappa shape index (κ1) is 33.1. The number of rotatable bonds is 17. The summed E-state index contributed by atoms with van der Waals surface area (Å²) in [6.45, 7) is 4.35. The lowest BCUT2D eigenvalue weighted by Crippen LogP contribution is -2.63. The molecule has 4 aromatic carbocycles. The van der Waals surface area contributed by atoms with Gasteiger partial charge in [0.25, 0.3) is 0 Å². The summed E-state index contributed by atoms with van der Waals surface area (Å²) in [6.07, 6.45) is 4.31. The number of nitrogens with zero attached hydrogens (tertiary/aromatic N) is 3. The van der Waals surface area contributed by atoms with E-state index in [1.54, 1.807) is 0 Å². The summed E-state index contributed by atoms with van der Waals surface area (Å²) in [4.78, 5) is 33.8. The minimum atomic E-state index is -0.376. The van der Waals surface area contributed by atoms with Crippen molar-refractivity contribution in [3.05, 3.63) is 144 Å². The lowest BCUT2D eigenvalue weighted by Gasteiger charge is -2.44. The first-order valence-electron chi connectivity index (χ1n) is 16.7. The zero-order chi connectivity index (χ0) is 32.0. The minimum Gasteiger partial charge on any atom is -0.329 e. The van der Waals surface area contributed by atoms with Gasteiger partial charge in [-0.1, -0.05) is 128 Å². The van der Waals surface area contributed by atoms with Gasteiger partial charge in [-0.2, -0.15) is 0 Å². The van der Waals surface area contributed by atoms with Gasteiger partial charge in [0, 0.05) is 38.8 Å². The highest BCUT2D eigenvalue weighted by molar-refractivity contribution is 6.35. The number of benzene rings is 4. The van der Waals surface area contributed by atoms with Gasteiger partial charge in [-0.15, -0.1) is 0 Å². The monoisotopic (exact) mass is 616 g/mol. The molecule has 46 heavy (non-hydrogen) atoms. The zero-order valence-electron chi connectivity index (χ0n) is 27.1. The van der Waals surface area contributed by atoms with E-state index in [1.807, 2.05) is 64.4 Å². The highest BCUT2D eigenvalue weighted by atomic mass is 16.2. The molecule has 1 aliphatic rings. The first-order valence-corrected chi connectivity index (χ1v) is 16.7. The molecule has 5 rings (SSSR count). The molecule has 0 unspecified atom stereocenters. The number of amides is 2. The van der Waals surface area contributed by atoms with Crippen LogP contribution in [0.25, 0.3) is 0 Å². The van der Waals surface area contributed by atoms with Crippen molar-refractivity contribution in [2.75, 3.05) is 33.2 Å². The van der Waals surface area contributed by atoms with E-state index in [0.29, 0.717) is 19.6 Å². The third kappa shape index (κ3) is 9.87. The van der Waals surface area contributed by atoms with Gasteiger partial charge in [0.2, 0.25) is 0 Å². The van der Waals surface area contributed by atoms with Crippen LogP contribution in [0.3, 0.4) is 0 Å². The topological polar surface area (TPSA) is 55.9 Å². The Hall–Kier alpha value is -4.26. The number of hydrogen-bond acceptors (Lipinski definition) is 4. The van der Waals surface area contributed by atoms with E-state index >= 15 is 0 Å². The Labute approximate surface area is 275 Å². The van der Waals surface area contributed by atoms with Crippen LogP contribution in [-0.2, 0) is 35.5 Å². The molecule has 1 fully saturated rings. The molecule has 2 atom stereocenters. The number of nitrogens with one attached hydrogen (secondary N) is 1. The Bertz CT molecular complexity index is 1470. The maximum absolute atomic E-state index is 13.9. The van der Waals surface area contributed by atoms with Crippen molar-refractivity contribution in [1.82, 2.24) is 20.0 Å². The number of hydrogen-bond donors (Lipinski definition) is 1.